The molecule has 3 fully saturated rings. The molecule has 162 valence electrons. The van der Waals surface area contributed by atoms with Crippen molar-refractivity contribution in [3.05, 3.63) is 42.5 Å². The van der Waals surface area contributed by atoms with Crippen molar-refractivity contribution in [1.29, 1.82) is 0 Å². The summed E-state index contributed by atoms with van der Waals surface area (Å²) in [5, 5.41) is 17.1. The molecule has 0 aromatic heterocycles. The number of carboxylic acid groups (broad SMARTS) is 1. The van der Waals surface area contributed by atoms with E-state index in [1.165, 1.54) is 25.7 Å². The van der Waals surface area contributed by atoms with E-state index in [4.69, 9.17) is 17.3 Å². The van der Waals surface area contributed by atoms with Gasteiger partial charge < -0.3 is 10.4 Å². The second-order valence-electron chi connectivity index (χ2n) is 8.54. The molecule has 3 saturated carbocycles. The van der Waals surface area contributed by atoms with Crippen LogP contribution in [0.5, 0.6) is 0 Å². The lowest BCUT2D eigenvalue weighted by atomic mass is 9.56. The Morgan fingerprint density at radius 2 is 1.87 bits per heavy atom. The number of carbonyl (C=O) groups is 1. The molecule has 1 aromatic rings. The van der Waals surface area contributed by atoms with Gasteiger partial charge in [-0.3, -0.25) is 10.2 Å². The van der Waals surface area contributed by atoms with Crippen LogP contribution in [0.2, 0.25) is 0 Å². The summed E-state index contributed by atoms with van der Waals surface area (Å²) < 4.78 is 0. The van der Waals surface area contributed by atoms with Crippen molar-refractivity contribution in [2.75, 3.05) is 5.32 Å². The van der Waals surface area contributed by atoms with E-state index in [2.05, 4.69) is 34.9 Å². The Morgan fingerprint density at radius 3 is 2.57 bits per heavy atom. The number of nitrogens with one attached hydrogen (secondary N) is 2. The molecule has 1 aromatic carbocycles. The number of fused-ring (bicyclic) bond motifs is 3. The van der Waals surface area contributed by atoms with Crippen molar-refractivity contribution >= 4 is 34.7 Å². The van der Waals surface area contributed by atoms with E-state index >= 15 is 0 Å². The minimum Gasteiger partial charge on any atom is -0.481 e. The molecule has 0 saturated heterocycles. The maximum absolute atomic E-state index is 10.6. The maximum Gasteiger partial charge on any atom is 0.303 e. The Labute approximate surface area is 185 Å². The number of allylic oxidation sites excluding steroid dienone is 2. The van der Waals surface area contributed by atoms with Crippen LogP contribution in [0.25, 0.3) is 0 Å². The van der Waals surface area contributed by atoms with E-state index in [1.807, 2.05) is 30.3 Å². The van der Waals surface area contributed by atoms with E-state index in [9.17, 15) is 4.79 Å². The molecule has 5 nitrogen and oxygen atoms in total. The SMILES string of the molecule is CC(=NNC(=S)Nc1ccccc1)[C@H]1C2CCC(CC2)[C@@H]1CC=CCCCC(=O)O. The summed E-state index contributed by atoms with van der Waals surface area (Å²) in [5.41, 5.74) is 5.13. The molecular weight excluding hydrogens is 394 g/mol. The molecular formula is C24H33N3O2S. The highest BCUT2D eigenvalue weighted by molar-refractivity contribution is 7.80. The van der Waals surface area contributed by atoms with Crippen LogP contribution in [0.4, 0.5) is 5.69 Å². The normalized spacial score (nSPS) is 26.0. The molecule has 3 aliphatic carbocycles. The topological polar surface area (TPSA) is 73.7 Å². The number of hydrogen-bond donors (Lipinski definition) is 3. The van der Waals surface area contributed by atoms with Gasteiger partial charge in [-0.05, 0) is 94.0 Å². The van der Waals surface area contributed by atoms with Gasteiger partial charge in [-0.1, -0.05) is 30.4 Å². The molecule has 2 atom stereocenters. The van der Waals surface area contributed by atoms with Crippen molar-refractivity contribution in [2.45, 2.75) is 58.3 Å². The Bertz CT molecular complexity index is 770. The van der Waals surface area contributed by atoms with Crippen molar-refractivity contribution in [2.24, 2.45) is 28.8 Å². The molecule has 30 heavy (non-hydrogen) atoms. The van der Waals surface area contributed by atoms with Crippen molar-refractivity contribution < 1.29 is 9.90 Å². The summed E-state index contributed by atoms with van der Waals surface area (Å²) in [7, 11) is 0. The number of aliphatic carboxylic acids is 1. The van der Waals surface area contributed by atoms with Crippen molar-refractivity contribution in [3.8, 4) is 0 Å². The number of nitrogens with zero attached hydrogens (tertiary/aromatic N) is 1. The summed E-state index contributed by atoms with van der Waals surface area (Å²) in [6, 6.07) is 9.87. The molecule has 4 rings (SSSR count). The number of rotatable bonds is 9. The number of carboxylic acids is 1. The maximum atomic E-state index is 10.6. The van der Waals surface area contributed by atoms with Crippen LogP contribution < -0.4 is 10.7 Å². The lowest BCUT2D eigenvalue weighted by Gasteiger charge is -2.48. The number of anilines is 1. The predicted molar refractivity (Wildman–Crippen MR) is 127 cm³/mol. The van der Waals surface area contributed by atoms with Crippen LogP contribution in [0.3, 0.4) is 0 Å². The van der Waals surface area contributed by atoms with Gasteiger partial charge in [0.05, 0.1) is 0 Å². The van der Waals surface area contributed by atoms with E-state index in [1.54, 1.807) is 0 Å². The first-order valence-electron chi connectivity index (χ1n) is 11.1. The first-order valence-corrected chi connectivity index (χ1v) is 11.5. The van der Waals surface area contributed by atoms with Crippen molar-refractivity contribution in [3.63, 3.8) is 0 Å². The van der Waals surface area contributed by atoms with E-state index in [-0.39, 0.29) is 6.42 Å². The molecule has 2 bridgehead atoms. The minimum atomic E-state index is -0.716. The van der Waals surface area contributed by atoms with Gasteiger partial charge in [0.2, 0.25) is 0 Å². The largest absolute Gasteiger partial charge is 0.481 e. The zero-order valence-electron chi connectivity index (χ0n) is 17.7. The van der Waals surface area contributed by atoms with Crippen LogP contribution in [-0.2, 0) is 4.79 Å². The van der Waals surface area contributed by atoms with Crippen LogP contribution in [-0.4, -0.2) is 21.9 Å². The van der Waals surface area contributed by atoms with Gasteiger partial charge in [-0.15, -0.1) is 0 Å². The second-order valence-corrected chi connectivity index (χ2v) is 8.95. The molecule has 6 heteroatoms. The average molecular weight is 428 g/mol. The highest BCUT2D eigenvalue weighted by atomic mass is 32.1. The highest BCUT2D eigenvalue weighted by Crippen LogP contribution is 2.50. The smallest absolute Gasteiger partial charge is 0.303 e. The minimum absolute atomic E-state index is 0.245. The first-order chi connectivity index (χ1) is 14.5. The average Bonchev–Trinajstić information content (AvgIpc) is 2.75. The van der Waals surface area contributed by atoms with Crippen LogP contribution >= 0.6 is 12.2 Å². The predicted octanol–water partition coefficient (Wildman–Crippen LogP) is 5.60. The van der Waals surface area contributed by atoms with Gasteiger partial charge in [0.25, 0.3) is 0 Å². The summed E-state index contributed by atoms with van der Waals surface area (Å²) >= 11 is 5.40. The third kappa shape index (κ3) is 6.39. The monoisotopic (exact) mass is 427 g/mol. The Kier molecular flexibility index (Phi) is 8.43. The number of thiocarbonyl (C=S) groups is 1. The first kappa shape index (κ1) is 22.5. The number of unbranched alkanes of at least 4 members (excludes halogenated alkanes) is 1. The zero-order chi connectivity index (χ0) is 21.3. The quantitative estimate of drug-likeness (QED) is 0.157. The van der Waals surface area contributed by atoms with Gasteiger partial charge in [0, 0.05) is 23.7 Å². The summed E-state index contributed by atoms with van der Waals surface area (Å²) in [6.45, 7) is 2.13. The number of hydrazone groups is 1. The number of para-hydroxylation sites is 1. The lowest BCUT2D eigenvalue weighted by molar-refractivity contribution is -0.137. The fourth-order valence-electron chi connectivity index (χ4n) is 5.20. The third-order valence-electron chi connectivity index (χ3n) is 6.58. The Morgan fingerprint density at radius 1 is 1.17 bits per heavy atom. The van der Waals surface area contributed by atoms with E-state index in [0.29, 0.717) is 29.3 Å². The Balaban J connectivity index is 1.56. The van der Waals surface area contributed by atoms with Gasteiger partial charge in [0.15, 0.2) is 5.11 Å². The van der Waals surface area contributed by atoms with Gasteiger partial charge in [-0.2, -0.15) is 5.10 Å². The van der Waals surface area contributed by atoms with Crippen LogP contribution in [0, 0.1) is 23.7 Å². The lowest BCUT2D eigenvalue weighted by Crippen LogP contribution is -2.43. The second kappa shape index (κ2) is 11.3. The van der Waals surface area contributed by atoms with Gasteiger partial charge in [0.1, 0.15) is 0 Å². The standard InChI is InChI=1S/C24H33N3O2S/c1-17(26-27-24(30)25-20-9-5-4-6-10-20)23-19-15-13-18(14-16-19)21(23)11-7-2-3-8-12-22(28)29/h2,4-7,9-10,18-19,21,23H,3,8,11-16H2,1H3,(H,28,29)(H2,25,27,30)/t18?,19?,21-,23-/m0/s1. The molecule has 0 heterocycles. The molecule has 0 spiro atoms. The molecule has 3 aliphatic rings. The summed E-state index contributed by atoms with van der Waals surface area (Å²) in [4.78, 5) is 10.6. The summed E-state index contributed by atoms with van der Waals surface area (Å²) in [6.07, 6.45) is 12.5. The van der Waals surface area contributed by atoms with Crippen LogP contribution in [0.15, 0.2) is 47.6 Å². The Hall–Kier alpha value is -2.21. The fourth-order valence-corrected chi connectivity index (χ4v) is 5.36. The van der Waals surface area contributed by atoms with Gasteiger partial charge >= 0.3 is 5.97 Å². The fraction of sp³-hybridized carbons (Fsp3) is 0.542. The molecule has 0 amide bonds. The zero-order valence-corrected chi connectivity index (χ0v) is 18.5. The van der Waals surface area contributed by atoms with Gasteiger partial charge in [-0.25, -0.2) is 0 Å². The molecule has 0 radical (unpaired) electrons. The van der Waals surface area contributed by atoms with E-state index in [0.717, 1.165) is 30.2 Å². The van der Waals surface area contributed by atoms with Crippen molar-refractivity contribution in [1.82, 2.24) is 5.43 Å². The number of hydrogen-bond acceptors (Lipinski definition) is 3. The molecule has 0 aliphatic heterocycles. The third-order valence-corrected chi connectivity index (χ3v) is 6.77. The van der Waals surface area contributed by atoms with E-state index < -0.39 is 5.97 Å². The van der Waals surface area contributed by atoms with Crippen LogP contribution in [0.1, 0.15) is 58.3 Å². The highest BCUT2D eigenvalue weighted by Gasteiger charge is 2.44. The number of benzene rings is 1. The molecule has 3 N–H and O–H groups in total. The summed E-state index contributed by atoms with van der Waals surface area (Å²) in [5.74, 6) is 1.87. The molecule has 0 unspecified atom stereocenters.